The lowest BCUT2D eigenvalue weighted by Crippen LogP contribution is -2.15. The van der Waals surface area contributed by atoms with E-state index in [-0.39, 0.29) is 22.9 Å². The maximum atomic E-state index is 12.3. The number of aromatic nitrogens is 1. The molecule has 1 amide bonds. The fraction of sp³-hybridized carbons (Fsp3) is 0.143. The fourth-order valence-corrected chi connectivity index (χ4v) is 2.07. The van der Waals surface area contributed by atoms with Crippen LogP contribution in [-0.4, -0.2) is 30.0 Å². The zero-order valence-corrected chi connectivity index (χ0v) is 13.8. The summed E-state index contributed by atoms with van der Waals surface area (Å²) in [6.07, 6.45) is 1.50. The summed E-state index contributed by atoms with van der Waals surface area (Å²) in [7, 11) is 2.73. The van der Waals surface area contributed by atoms with Crippen LogP contribution in [0.2, 0.25) is 0 Å². The third kappa shape index (κ3) is 3.75. The van der Waals surface area contributed by atoms with E-state index in [9.17, 15) is 14.9 Å². The van der Waals surface area contributed by atoms with Crippen molar-refractivity contribution < 1.29 is 19.2 Å². The molecular formula is C14H12BrN3O5. The van der Waals surface area contributed by atoms with Gasteiger partial charge >= 0.3 is 0 Å². The average Bonchev–Trinajstić information content (AvgIpc) is 2.55. The van der Waals surface area contributed by atoms with Crippen molar-refractivity contribution in [3.05, 3.63) is 50.6 Å². The number of amides is 1. The van der Waals surface area contributed by atoms with E-state index in [1.165, 1.54) is 26.5 Å². The third-order valence-corrected chi connectivity index (χ3v) is 3.38. The van der Waals surface area contributed by atoms with Crippen LogP contribution >= 0.6 is 15.9 Å². The number of nitrogens with one attached hydrogen (secondary N) is 1. The Hall–Kier alpha value is -2.68. The Morgan fingerprint density at radius 2 is 1.91 bits per heavy atom. The van der Waals surface area contributed by atoms with E-state index in [0.717, 1.165) is 10.5 Å². The van der Waals surface area contributed by atoms with Gasteiger partial charge in [0.15, 0.2) is 11.5 Å². The zero-order chi connectivity index (χ0) is 17.0. The molecule has 1 aromatic heterocycles. The predicted molar refractivity (Wildman–Crippen MR) is 86.1 cm³/mol. The highest BCUT2D eigenvalue weighted by atomic mass is 79.9. The van der Waals surface area contributed by atoms with E-state index in [1.54, 1.807) is 12.1 Å². The van der Waals surface area contributed by atoms with Crippen molar-refractivity contribution in [1.29, 1.82) is 0 Å². The van der Waals surface area contributed by atoms with Crippen LogP contribution in [0.5, 0.6) is 11.5 Å². The van der Waals surface area contributed by atoms with Crippen molar-refractivity contribution in [1.82, 2.24) is 4.98 Å². The second-order valence-electron chi connectivity index (χ2n) is 4.30. The smallest absolute Gasteiger partial charge is 0.286 e. The molecule has 0 unspecified atom stereocenters. The molecule has 0 aliphatic rings. The van der Waals surface area contributed by atoms with Crippen LogP contribution in [0.15, 0.2) is 34.9 Å². The molecule has 0 atom stereocenters. The number of halogens is 1. The van der Waals surface area contributed by atoms with Crippen molar-refractivity contribution >= 4 is 33.3 Å². The van der Waals surface area contributed by atoms with E-state index in [0.29, 0.717) is 0 Å². The van der Waals surface area contributed by atoms with Crippen molar-refractivity contribution in [3.63, 3.8) is 0 Å². The molecule has 0 bridgehead atoms. The number of hydrogen-bond acceptors (Lipinski definition) is 6. The maximum absolute atomic E-state index is 12.3. The van der Waals surface area contributed by atoms with Crippen LogP contribution in [-0.2, 0) is 0 Å². The Balaban J connectivity index is 2.41. The topological polar surface area (TPSA) is 104 Å². The maximum Gasteiger partial charge on any atom is 0.286 e. The van der Waals surface area contributed by atoms with Crippen molar-refractivity contribution in [2.75, 3.05) is 19.5 Å². The minimum atomic E-state index is -0.674. The van der Waals surface area contributed by atoms with Crippen LogP contribution in [0.25, 0.3) is 0 Å². The fourth-order valence-electron chi connectivity index (χ4n) is 1.83. The Morgan fingerprint density at radius 3 is 2.43 bits per heavy atom. The van der Waals surface area contributed by atoms with Gasteiger partial charge in [-0.3, -0.25) is 14.9 Å². The van der Waals surface area contributed by atoms with Crippen LogP contribution in [0.3, 0.4) is 0 Å². The van der Waals surface area contributed by atoms with Gasteiger partial charge in [-0.25, -0.2) is 4.98 Å². The molecule has 0 saturated carbocycles. The Bertz CT molecular complexity index is 749. The predicted octanol–water partition coefficient (Wildman–Crippen LogP) is 3.02. The molecule has 8 nitrogen and oxygen atoms in total. The zero-order valence-electron chi connectivity index (χ0n) is 12.2. The number of nitro benzene ring substituents is 1. The first-order valence-corrected chi connectivity index (χ1v) is 7.09. The average molecular weight is 382 g/mol. The summed E-state index contributed by atoms with van der Waals surface area (Å²) in [6.45, 7) is 0. The van der Waals surface area contributed by atoms with Gasteiger partial charge in [0.2, 0.25) is 0 Å². The number of benzene rings is 1. The second-order valence-corrected chi connectivity index (χ2v) is 5.21. The van der Waals surface area contributed by atoms with Crippen LogP contribution in [0.1, 0.15) is 10.4 Å². The molecule has 2 aromatic rings. The number of methoxy groups -OCH3 is 2. The monoisotopic (exact) mass is 381 g/mol. The van der Waals surface area contributed by atoms with E-state index in [1.807, 2.05) is 0 Å². The summed E-state index contributed by atoms with van der Waals surface area (Å²) in [5, 5.41) is 13.7. The number of rotatable bonds is 5. The van der Waals surface area contributed by atoms with Crippen LogP contribution in [0.4, 0.5) is 11.5 Å². The largest absolute Gasteiger partial charge is 0.493 e. The first-order valence-electron chi connectivity index (χ1n) is 6.29. The van der Waals surface area contributed by atoms with Crippen molar-refractivity contribution in [2.24, 2.45) is 0 Å². The van der Waals surface area contributed by atoms with E-state index in [2.05, 4.69) is 26.2 Å². The van der Waals surface area contributed by atoms with Gasteiger partial charge in [-0.15, -0.1) is 0 Å². The minimum absolute atomic E-state index is 0.155. The molecule has 0 saturated heterocycles. The van der Waals surface area contributed by atoms with Gasteiger partial charge in [0.25, 0.3) is 11.6 Å². The molecule has 9 heteroatoms. The number of carbonyl (C=O) groups excluding carboxylic acids is 1. The standard InChI is InChI=1S/C14H12BrN3O5/c1-22-11-5-9(10(18(20)21)6-12(11)23-2)14(19)17-13-4-3-8(15)7-16-13/h3-7H,1-2H3,(H,16,17,19). The molecule has 2 rings (SSSR count). The lowest BCUT2D eigenvalue weighted by molar-refractivity contribution is -0.385. The molecule has 120 valence electrons. The first kappa shape index (κ1) is 16.7. The number of anilines is 1. The van der Waals surface area contributed by atoms with Crippen LogP contribution in [0, 0.1) is 10.1 Å². The number of nitrogens with zero attached hydrogens (tertiary/aromatic N) is 2. The van der Waals surface area contributed by atoms with Gasteiger partial charge in [0.05, 0.1) is 25.2 Å². The summed E-state index contributed by atoms with van der Waals surface area (Å²) in [5.74, 6) is -0.0284. The quantitative estimate of drug-likeness (QED) is 0.630. The Labute approximate surface area is 139 Å². The molecule has 0 fully saturated rings. The molecular weight excluding hydrogens is 370 g/mol. The van der Waals surface area contributed by atoms with Crippen LogP contribution < -0.4 is 14.8 Å². The van der Waals surface area contributed by atoms with Crippen molar-refractivity contribution in [2.45, 2.75) is 0 Å². The van der Waals surface area contributed by atoms with E-state index < -0.39 is 16.5 Å². The highest BCUT2D eigenvalue weighted by Crippen LogP contribution is 2.34. The molecule has 0 radical (unpaired) electrons. The second kappa shape index (κ2) is 7.05. The molecule has 1 heterocycles. The number of carbonyl (C=O) groups is 1. The third-order valence-electron chi connectivity index (χ3n) is 2.91. The Morgan fingerprint density at radius 1 is 1.26 bits per heavy atom. The normalized spacial score (nSPS) is 10.0. The van der Waals surface area contributed by atoms with E-state index in [4.69, 9.17) is 9.47 Å². The number of pyridine rings is 1. The van der Waals surface area contributed by atoms with Gasteiger partial charge in [-0.2, -0.15) is 0 Å². The summed E-state index contributed by atoms with van der Waals surface area (Å²) in [4.78, 5) is 26.9. The summed E-state index contributed by atoms with van der Waals surface area (Å²) >= 11 is 3.23. The van der Waals surface area contributed by atoms with Gasteiger partial charge in [-0.1, -0.05) is 0 Å². The SMILES string of the molecule is COc1cc(C(=O)Nc2ccc(Br)cn2)c([N+](=O)[O-])cc1OC. The minimum Gasteiger partial charge on any atom is -0.493 e. The summed E-state index contributed by atoms with van der Waals surface area (Å²) in [6, 6.07) is 5.65. The molecule has 0 spiro atoms. The Kier molecular flexibility index (Phi) is 5.12. The summed E-state index contributed by atoms with van der Waals surface area (Å²) in [5.41, 5.74) is -0.547. The molecule has 0 aliphatic carbocycles. The number of ether oxygens (including phenoxy) is 2. The van der Waals surface area contributed by atoms with Gasteiger partial charge in [0, 0.05) is 16.7 Å². The highest BCUT2D eigenvalue weighted by molar-refractivity contribution is 9.10. The molecule has 1 N–H and O–H groups in total. The number of nitro groups is 1. The first-order chi connectivity index (χ1) is 11.0. The van der Waals surface area contributed by atoms with Gasteiger partial charge in [0.1, 0.15) is 11.4 Å². The van der Waals surface area contributed by atoms with Crippen molar-refractivity contribution in [3.8, 4) is 11.5 Å². The number of hydrogen-bond donors (Lipinski definition) is 1. The van der Waals surface area contributed by atoms with E-state index >= 15 is 0 Å². The molecule has 1 aromatic carbocycles. The molecule has 0 aliphatic heterocycles. The highest BCUT2D eigenvalue weighted by Gasteiger charge is 2.24. The molecule has 23 heavy (non-hydrogen) atoms. The summed E-state index contributed by atoms with van der Waals surface area (Å²) < 4.78 is 10.8. The lowest BCUT2D eigenvalue weighted by atomic mass is 10.1. The lowest BCUT2D eigenvalue weighted by Gasteiger charge is -2.10. The van der Waals surface area contributed by atoms with Gasteiger partial charge in [-0.05, 0) is 28.1 Å². The van der Waals surface area contributed by atoms with Gasteiger partial charge < -0.3 is 14.8 Å².